The van der Waals surface area contributed by atoms with E-state index in [0.29, 0.717) is 0 Å². The third-order valence-electron chi connectivity index (χ3n) is 2.61. The molecule has 5 heteroatoms. The molecule has 1 rings (SSSR count). The van der Waals surface area contributed by atoms with Crippen LogP contribution in [0.15, 0.2) is 35.5 Å². The smallest absolute Gasteiger partial charge is 0.227 e. The van der Waals surface area contributed by atoms with Crippen LogP contribution in [-0.2, 0) is 4.79 Å². The summed E-state index contributed by atoms with van der Waals surface area (Å²) < 4.78 is 0. The fourth-order valence-corrected chi connectivity index (χ4v) is 1.39. The van der Waals surface area contributed by atoms with E-state index < -0.39 is 6.04 Å². The Bertz CT molecular complexity index is 403. The molecule has 0 aromatic heterocycles. The van der Waals surface area contributed by atoms with E-state index in [9.17, 15) is 4.79 Å². The Morgan fingerprint density at radius 3 is 2.47 bits per heavy atom. The highest BCUT2D eigenvalue weighted by Crippen LogP contribution is 2.14. The van der Waals surface area contributed by atoms with Gasteiger partial charge in [0.2, 0.25) is 5.91 Å². The minimum Gasteiger partial charge on any atom is -0.409 e. The minimum atomic E-state index is -0.487. The number of oxime groups is 1. The number of nitrogens with two attached hydrogens (primary N) is 1. The molecule has 5 nitrogen and oxygen atoms in total. The summed E-state index contributed by atoms with van der Waals surface area (Å²) in [4.78, 5) is 11.9. The summed E-state index contributed by atoms with van der Waals surface area (Å²) in [7, 11) is 0. The van der Waals surface area contributed by atoms with Crippen LogP contribution in [0.2, 0.25) is 0 Å². The third-order valence-corrected chi connectivity index (χ3v) is 2.61. The van der Waals surface area contributed by atoms with Gasteiger partial charge in [-0.25, -0.2) is 0 Å². The Hall–Kier alpha value is -2.04. The van der Waals surface area contributed by atoms with Crippen molar-refractivity contribution in [2.75, 3.05) is 0 Å². The summed E-state index contributed by atoms with van der Waals surface area (Å²) in [6, 6.07) is 8.95. The first kappa shape index (κ1) is 13.0. The normalized spacial score (nSPS) is 15.1. The Morgan fingerprint density at radius 2 is 1.94 bits per heavy atom. The maximum absolute atomic E-state index is 11.9. The van der Waals surface area contributed by atoms with E-state index in [0.717, 1.165) is 5.56 Å². The monoisotopic (exact) mass is 235 g/mol. The Morgan fingerprint density at radius 1 is 1.35 bits per heavy atom. The van der Waals surface area contributed by atoms with Crippen LogP contribution in [0.25, 0.3) is 0 Å². The zero-order chi connectivity index (χ0) is 12.8. The van der Waals surface area contributed by atoms with Gasteiger partial charge in [-0.05, 0) is 19.4 Å². The molecule has 92 valence electrons. The summed E-state index contributed by atoms with van der Waals surface area (Å²) in [6.45, 7) is 3.47. The predicted octanol–water partition coefficient (Wildman–Crippen LogP) is 1.04. The lowest BCUT2D eigenvalue weighted by Crippen LogP contribution is -2.43. The molecule has 1 amide bonds. The van der Waals surface area contributed by atoms with Gasteiger partial charge in [-0.15, -0.1) is 0 Å². The summed E-state index contributed by atoms with van der Waals surface area (Å²) in [5, 5.41) is 14.0. The van der Waals surface area contributed by atoms with Crippen molar-refractivity contribution in [2.45, 2.75) is 25.8 Å². The van der Waals surface area contributed by atoms with Crippen LogP contribution in [0.1, 0.15) is 25.3 Å². The molecular weight excluding hydrogens is 218 g/mol. The molecule has 0 heterocycles. The van der Waals surface area contributed by atoms with Crippen molar-refractivity contribution in [3.63, 3.8) is 0 Å². The molecule has 17 heavy (non-hydrogen) atoms. The molecule has 0 aliphatic carbocycles. The molecule has 0 aliphatic heterocycles. The molecule has 1 aromatic carbocycles. The number of benzene rings is 1. The van der Waals surface area contributed by atoms with Crippen LogP contribution in [0, 0.1) is 0 Å². The van der Waals surface area contributed by atoms with Gasteiger partial charge in [0.15, 0.2) is 5.84 Å². The standard InChI is InChI=1S/C12H17N3O2/c1-8(10-6-4-3-5-7-10)12(16)14-9(2)11(13)15-17/h3-9,17H,1-2H3,(H2,13,15)(H,14,16). The fraction of sp³-hybridized carbons (Fsp3) is 0.333. The SMILES string of the molecule is CC(NC(=O)C(C)c1ccccc1)/C(N)=N/O. The summed E-state index contributed by atoms with van der Waals surface area (Å²) in [5.74, 6) is -0.445. The molecule has 0 saturated carbocycles. The van der Waals surface area contributed by atoms with Crippen molar-refractivity contribution in [1.29, 1.82) is 0 Å². The maximum Gasteiger partial charge on any atom is 0.227 e. The van der Waals surface area contributed by atoms with E-state index in [4.69, 9.17) is 10.9 Å². The molecule has 0 saturated heterocycles. The first-order valence-corrected chi connectivity index (χ1v) is 5.39. The van der Waals surface area contributed by atoms with Gasteiger partial charge < -0.3 is 16.3 Å². The lowest BCUT2D eigenvalue weighted by Gasteiger charge is -2.16. The van der Waals surface area contributed by atoms with Crippen LogP contribution < -0.4 is 11.1 Å². The van der Waals surface area contributed by atoms with Crippen LogP contribution >= 0.6 is 0 Å². The molecule has 0 radical (unpaired) electrons. The van der Waals surface area contributed by atoms with Gasteiger partial charge in [-0.1, -0.05) is 35.5 Å². The van der Waals surface area contributed by atoms with E-state index >= 15 is 0 Å². The second kappa shape index (κ2) is 5.89. The first-order chi connectivity index (χ1) is 8.06. The number of amides is 1. The average Bonchev–Trinajstić information content (AvgIpc) is 2.37. The number of carbonyl (C=O) groups excluding carboxylic acids is 1. The van der Waals surface area contributed by atoms with Crippen LogP contribution in [0.5, 0.6) is 0 Å². The Labute approximate surface area is 100 Å². The molecule has 0 fully saturated rings. The topological polar surface area (TPSA) is 87.7 Å². The number of hydrogen-bond donors (Lipinski definition) is 3. The second-order valence-corrected chi connectivity index (χ2v) is 3.89. The summed E-state index contributed by atoms with van der Waals surface area (Å²) in [6.07, 6.45) is 0. The largest absolute Gasteiger partial charge is 0.409 e. The zero-order valence-corrected chi connectivity index (χ0v) is 9.92. The van der Waals surface area contributed by atoms with E-state index in [2.05, 4.69) is 10.5 Å². The quantitative estimate of drug-likeness (QED) is 0.315. The first-order valence-electron chi connectivity index (χ1n) is 5.39. The number of amidine groups is 1. The number of nitrogens with one attached hydrogen (secondary N) is 1. The predicted molar refractivity (Wildman–Crippen MR) is 65.9 cm³/mol. The van der Waals surface area contributed by atoms with Crippen molar-refractivity contribution < 1.29 is 10.0 Å². The molecular formula is C12H17N3O2. The van der Waals surface area contributed by atoms with E-state index in [1.807, 2.05) is 37.3 Å². The van der Waals surface area contributed by atoms with Gasteiger partial charge in [0.25, 0.3) is 0 Å². The van der Waals surface area contributed by atoms with Crippen molar-refractivity contribution in [1.82, 2.24) is 5.32 Å². The van der Waals surface area contributed by atoms with E-state index in [-0.39, 0.29) is 17.7 Å². The molecule has 4 N–H and O–H groups in total. The fourth-order valence-electron chi connectivity index (χ4n) is 1.39. The van der Waals surface area contributed by atoms with Crippen LogP contribution in [0.3, 0.4) is 0 Å². The van der Waals surface area contributed by atoms with E-state index in [1.54, 1.807) is 6.92 Å². The number of nitrogens with zero attached hydrogens (tertiary/aromatic N) is 1. The third kappa shape index (κ3) is 3.48. The van der Waals surface area contributed by atoms with Crippen molar-refractivity contribution in [3.8, 4) is 0 Å². The van der Waals surface area contributed by atoms with Crippen molar-refractivity contribution in [2.24, 2.45) is 10.9 Å². The van der Waals surface area contributed by atoms with Gasteiger partial charge in [0.1, 0.15) is 0 Å². The number of carbonyl (C=O) groups is 1. The van der Waals surface area contributed by atoms with Gasteiger partial charge in [-0.2, -0.15) is 0 Å². The van der Waals surface area contributed by atoms with Crippen molar-refractivity contribution in [3.05, 3.63) is 35.9 Å². The molecule has 0 bridgehead atoms. The van der Waals surface area contributed by atoms with Gasteiger partial charge in [0, 0.05) is 0 Å². The summed E-state index contributed by atoms with van der Waals surface area (Å²) >= 11 is 0. The molecule has 0 aliphatic rings. The Kier molecular flexibility index (Phi) is 4.51. The summed E-state index contributed by atoms with van der Waals surface area (Å²) in [5.41, 5.74) is 6.32. The van der Waals surface area contributed by atoms with Gasteiger partial charge in [-0.3, -0.25) is 4.79 Å². The van der Waals surface area contributed by atoms with E-state index in [1.165, 1.54) is 0 Å². The van der Waals surface area contributed by atoms with Crippen LogP contribution in [0.4, 0.5) is 0 Å². The zero-order valence-electron chi connectivity index (χ0n) is 9.92. The highest BCUT2D eigenvalue weighted by atomic mass is 16.4. The number of hydrogen-bond acceptors (Lipinski definition) is 3. The lowest BCUT2D eigenvalue weighted by molar-refractivity contribution is -0.122. The highest BCUT2D eigenvalue weighted by molar-refractivity contribution is 5.91. The van der Waals surface area contributed by atoms with Crippen LogP contribution in [-0.4, -0.2) is 23.0 Å². The molecule has 2 unspecified atom stereocenters. The van der Waals surface area contributed by atoms with Crippen molar-refractivity contribution >= 4 is 11.7 Å². The van der Waals surface area contributed by atoms with Gasteiger partial charge in [0.05, 0.1) is 12.0 Å². The number of rotatable bonds is 4. The second-order valence-electron chi connectivity index (χ2n) is 3.89. The highest BCUT2D eigenvalue weighted by Gasteiger charge is 2.18. The maximum atomic E-state index is 11.9. The minimum absolute atomic E-state index is 0.0152. The lowest BCUT2D eigenvalue weighted by atomic mass is 10.0. The van der Waals surface area contributed by atoms with Gasteiger partial charge >= 0.3 is 0 Å². The Balaban J connectivity index is 2.66. The average molecular weight is 235 g/mol. The molecule has 0 spiro atoms. The molecule has 1 aromatic rings. The molecule has 2 atom stereocenters.